The molecule has 1 heterocycles. The molecule has 1 saturated carbocycles. The molecule has 32 heavy (non-hydrogen) atoms. The number of nitrogens with one attached hydrogen (secondary N) is 1. The number of anilines is 1. The van der Waals surface area contributed by atoms with Gasteiger partial charge in [0.05, 0.1) is 22.1 Å². The maximum absolute atomic E-state index is 13.1. The summed E-state index contributed by atoms with van der Waals surface area (Å²) in [4.78, 5) is 40.1. The van der Waals surface area contributed by atoms with E-state index in [9.17, 15) is 22.8 Å². The second-order valence-electron chi connectivity index (χ2n) is 8.45. The number of carbonyl (C=O) groups is 3. The molecule has 168 valence electrons. The first-order chi connectivity index (χ1) is 15.3. The van der Waals surface area contributed by atoms with Gasteiger partial charge in [-0.25, -0.2) is 8.42 Å². The first-order valence-electron chi connectivity index (χ1n) is 10.9. The van der Waals surface area contributed by atoms with E-state index in [0.717, 1.165) is 42.6 Å². The van der Waals surface area contributed by atoms with E-state index in [1.807, 2.05) is 6.92 Å². The number of imide groups is 1. The summed E-state index contributed by atoms with van der Waals surface area (Å²) in [6.07, 6.45) is 5.38. The lowest BCUT2D eigenvalue weighted by Crippen LogP contribution is -2.44. The fourth-order valence-electron chi connectivity index (χ4n) is 4.31. The first kappa shape index (κ1) is 22.2. The highest BCUT2D eigenvalue weighted by Gasteiger charge is 2.42. The van der Waals surface area contributed by atoms with E-state index in [1.165, 1.54) is 30.3 Å². The molecule has 1 aliphatic heterocycles. The normalized spacial score (nSPS) is 19.8. The Balaban J connectivity index is 1.60. The summed E-state index contributed by atoms with van der Waals surface area (Å²) < 4.78 is 27.9. The number of ketones is 1. The van der Waals surface area contributed by atoms with Crippen molar-refractivity contribution in [3.63, 3.8) is 0 Å². The van der Waals surface area contributed by atoms with Gasteiger partial charge in [0.2, 0.25) is 0 Å². The van der Waals surface area contributed by atoms with Crippen molar-refractivity contribution < 1.29 is 22.8 Å². The second kappa shape index (κ2) is 8.86. The monoisotopic (exact) mass is 454 g/mol. The Morgan fingerprint density at radius 1 is 0.844 bits per heavy atom. The smallest absolute Gasteiger partial charge is 0.262 e. The van der Waals surface area contributed by atoms with Crippen LogP contribution in [0.2, 0.25) is 0 Å². The molecule has 8 heteroatoms. The minimum absolute atomic E-state index is 0.0818. The highest BCUT2D eigenvalue weighted by Crippen LogP contribution is 2.31. The molecule has 4 rings (SSSR count). The number of hydrogen-bond acceptors (Lipinski definition) is 5. The molecule has 0 radical (unpaired) electrons. The molecule has 2 aromatic rings. The summed E-state index contributed by atoms with van der Waals surface area (Å²) >= 11 is 0. The van der Waals surface area contributed by atoms with Crippen LogP contribution >= 0.6 is 0 Å². The van der Waals surface area contributed by atoms with Gasteiger partial charge in [0, 0.05) is 12.1 Å². The van der Waals surface area contributed by atoms with Crippen LogP contribution in [-0.2, 0) is 14.8 Å². The molecular formula is C24H26N2O5S. The number of carbonyl (C=O) groups excluding carboxylic acids is 3. The molecule has 0 bridgehead atoms. The van der Waals surface area contributed by atoms with Crippen LogP contribution in [0.1, 0.15) is 71.2 Å². The second-order valence-corrected chi connectivity index (χ2v) is 10.1. The van der Waals surface area contributed by atoms with Crippen LogP contribution in [0.25, 0.3) is 0 Å². The Hall–Kier alpha value is -3.00. The molecule has 7 nitrogen and oxygen atoms in total. The highest BCUT2D eigenvalue weighted by molar-refractivity contribution is 7.92. The third kappa shape index (κ3) is 4.32. The maximum Gasteiger partial charge on any atom is 0.262 e. The number of fused-ring (bicyclic) bond motifs is 1. The third-order valence-corrected chi connectivity index (χ3v) is 7.48. The Kier molecular flexibility index (Phi) is 6.15. The number of amides is 2. The minimum Gasteiger partial charge on any atom is -0.297 e. The van der Waals surface area contributed by atoms with Crippen molar-refractivity contribution in [2.75, 3.05) is 4.72 Å². The maximum atomic E-state index is 13.1. The molecule has 0 saturated heterocycles. The van der Waals surface area contributed by atoms with E-state index >= 15 is 0 Å². The van der Waals surface area contributed by atoms with Crippen molar-refractivity contribution in [1.82, 2.24) is 4.90 Å². The SMILES string of the molecule is Cc1ccc(S(=O)(=O)Nc2ccc3c(c2)C(=O)N(C2CCCCCCCC2=O)C3=O)cc1. The van der Waals surface area contributed by atoms with Crippen molar-refractivity contribution in [3.8, 4) is 0 Å². The predicted molar refractivity (Wildman–Crippen MR) is 120 cm³/mol. The van der Waals surface area contributed by atoms with Gasteiger partial charge in [0.1, 0.15) is 0 Å². The predicted octanol–water partition coefficient (Wildman–Crippen LogP) is 4.07. The van der Waals surface area contributed by atoms with Crippen molar-refractivity contribution >= 4 is 33.3 Å². The number of benzene rings is 2. The number of hydrogen-bond donors (Lipinski definition) is 1. The van der Waals surface area contributed by atoms with Crippen LogP contribution in [0.4, 0.5) is 5.69 Å². The fraction of sp³-hybridized carbons (Fsp3) is 0.375. The quantitative estimate of drug-likeness (QED) is 0.702. The number of rotatable bonds is 4. The molecule has 1 aliphatic carbocycles. The van der Waals surface area contributed by atoms with Crippen LogP contribution in [0.3, 0.4) is 0 Å². The van der Waals surface area contributed by atoms with E-state index < -0.39 is 27.9 Å². The van der Waals surface area contributed by atoms with Gasteiger partial charge >= 0.3 is 0 Å². The van der Waals surface area contributed by atoms with Gasteiger partial charge in [-0.2, -0.15) is 0 Å². The molecule has 1 unspecified atom stereocenters. The lowest BCUT2D eigenvalue weighted by molar-refractivity contribution is -0.123. The van der Waals surface area contributed by atoms with Gasteiger partial charge in [-0.3, -0.25) is 24.0 Å². The number of sulfonamides is 1. The summed E-state index contributed by atoms with van der Waals surface area (Å²) in [5.41, 5.74) is 1.44. The third-order valence-electron chi connectivity index (χ3n) is 6.09. The number of nitrogens with zero attached hydrogens (tertiary/aromatic N) is 1. The molecule has 1 N–H and O–H groups in total. The average Bonchev–Trinajstić information content (AvgIpc) is 3.05. The molecule has 1 atom stereocenters. The van der Waals surface area contributed by atoms with E-state index in [1.54, 1.807) is 12.1 Å². The van der Waals surface area contributed by atoms with Crippen molar-refractivity contribution in [1.29, 1.82) is 0 Å². The number of Topliss-reactive ketones (excluding diaryl/α,β-unsaturated/α-hetero) is 1. The topological polar surface area (TPSA) is 101 Å². The van der Waals surface area contributed by atoms with Crippen LogP contribution in [0.15, 0.2) is 47.4 Å². The van der Waals surface area contributed by atoms with Gasteiger partial charge in [-0.15, -0.1) is 0 Å². The average molecular weight is 455 g/mol. The Labute approximate surface area is 187 Å². The van der Waals surface area contributed by atoms with Crippen LogP contribution in [0.5, 0.6) is 0 Å². The molecular weight excluding hydrogens is 428 g/mol. The lowest BCUT2D eigenvalue weighted by atomic mass is 10.0. The highest BCUT2D eigenvalue weighted by atomic mass is 32.2. The fourth-order valence-corrected chi connectivity index (χ4v) is 5.35. The zero-order valence-corrected chi connectivity index (χ0v) is 18.8. The minimum atomic E-state index is -3.85. The number of aryl methyl sites for hydroxylation is 1. The van der Waals surface area contributed by atoms with E-state index in [4.69, 9.17) is 0 Å². The van der Waals surface area contributed by atoms with Crippen LogP contribution in [-0.4, -0.2) is 37.0 Å². The van der Waals surface area contributed by atoms with Crippen molar-refractivity contribution in [2.45, 2.75) is 62.8 Å². The van der Waals surface area contributed by atoms with Gasteiger partial charge < -0.3 is 0 Å². The van der Waals surface area contributed by atoms with E-state index in [-0.39, 0.29) is 27.5 Å². The van der Waals surface area contributed by atoms with Crippen molar-refractivity contribution in [3.05, 3.63) is 59.2 Å². The van der Waals surface area contributed by atoms with E-state index in [0.29, 0.717) is 12.8 Å². The van der Waals surface area contributed by atoms with Gasteiger partial charge in [-0.05, 0) is 50.1 Å². The molecule has 2 aromatic carbocycles. The van der Waals surface area contributed by atoms with E-state index in [2.05, 4.69) is 4.72 Å². The zero-order valence-electron chi connectivity index (χ0n) is 18.0. The molecule has 2 amide bonds. The van der Waals surface area contributed by atoms with Gasteiger partial charge in [-0.1, -0.05) is 43.4 Å². The first-order valence-corrected chi connectivity index (χ1v) is 12.4. The van der Waals surface area contributed by atoms with Crippen LogP contribution < -0.4 is 4.72 Å². The lowest BCUT2D eigenvalue weighted by Gasteiger charge is -2.24. The summed E-state index contributed by atoms with van der Waals surface area (Å²) in [6, 6.07) is 9.94. The molecule has 2 aliphatic rings. The summed E-state index contributed by atoms with van der Waals surface area (Å²) in [5.74, 6) is -1.11. The van der Waals surface area contributed by atoms with Gasteiger partial charge in [0.25, 0.3) is 21.8 Å². The summed E-state index contributed by atoms with van der Waals surface area (Å²) in [5, 5.41) is 0. The zero-order chi connectivity index (χ0) is 22.9. The summed E-state index contributed by atoms with van der Waals surface area (Å²) in [7, 11) is -3.85. The molecule has 0 spiro atoms. The largest absolute Gasteiger partial charge is 0.297 e. The Morgan fingerprint density at radius 2 is 1.50 bits per heavy atom. The van der Waals surface area contributed by atoms with Crippen molar-refractivity contribution in [2.24, 2.45) is 0 Å². The molecule has 1 fully saturated rings. The Bertz CT molecular complexity index is 1170. The molecule has 0 aromatic heterocycles. The van der Waals surface area contributed by atoms with Crippen LogP contribution in [0, 0.1) is 6.92 Å². The van der Waals surface area contributed by atoms with Gasteiger partial charge in [0.15, 0.2) is 5.78 Å². The Morgan fingerprint density at radius 3 is 2.25 bits per heavy atom. The standard InChI is InChI=1S/C24H26N2O5S/c1-16-9-12-18(13-10-16)32(30,31)25-17-11-14-19-20(15-17)24(29)26(23(19)28)21-7-5-3-2-4-6-8-22(21)27/h9-15,21,25H,2-8H2,1H3. The summed E-state index contributed by atoms with van der Waals surface area (Å²) in [6.45, 7) is 1.86.